The molecule has 0 atom stereocenters. The zero-order valence-electron chi connectivity index (χ0n) is 19.2. The molecule has 8 nitrogen and oxygen atoms in total. The first-order valence-electron chi connectivity index (χ1n) is 10.9. The van der Waals surface area contributed by atoms with Crippen LogP contribution in [-0.2, 0) is 35.1 Å². The molecule has 0 aliphatic carbocycles. The van der Waals surface area contributed by atoms with Crippen LogP contribution >= 0.6 is 0 Å². The quantitative estimate of drug-likeness (QED) is 0.298. The van der Waals surface area contributed by atoms with Crippen molar-refractivity contribution in [2.45, 2.75) is 59.3 Å². The minimum absolute atomic E-state index is 0.0867. The average Bonchev–Trinajstić information content (AvgIpc) is 2.67. The van der Waals surface area contributed by atoms with Crippen molar-refractivity contribution in [2.24, 2.45) is 5.92 Å². The first kappa shape index (κ1) is 27.2. The van der Waals surface area contributed by atoms with Gasteiger partial charge in [0.15, 0.2) is 0 Å². The van der Waals surface area contributed by atoms with Gasteiger partial charge in [-0.2, -0.15) is 0 Å². The van der Waals surface area contributed by atoms with Crippen LogP contribution in [0.5, 0.6) is 0 Å². The number of amides is 2. The molecule has 32 heavy (non-hydrogen) atoms. The SMILES string of the molecule is CC(=O)CC(=O)Cc1ccc(NC(=O)CC(=O)NCCOCCCC(=O)CC(C)C)cc1. The van der Waals surface area contributed by atoms with Crippen LogP contribution in [0.2, 0.25) is 0 Å². The van der Waals surface area contributed by atoms with E-state index in [0.717, 1.165) is 5.56 Å². The number of ketones is 3. The Hall–Kier alpha value is -2.87. The van der Waals surface area contributed by atoms with E-state index in [1.54, 1.807) is 24.3 Å². The van der Waals surface area contributed by atoms with Gasteiger partial charge in [0.25, 0.3) is 0 Å². The Morgan fingerprint density at radius 2 is 1.59 bits per heavy atom. The van der Waals surface area contributed by atoms with Gasteiger partial charge in [0.1, 0.15) is 23.8 Å². The molecule has 0 aliphatic heterocycles. The number of benzene rings is 1. The molecule has 0 bridgehead atoms. The van der Waals surface area contributed by atoms with E-state index in [4.69, 9.17) is 4.74 Å². The van der Waals surface area contributed by atoms with Crippen molar-refractivity contribution in [2.75, 3.05) is 25.1 Å². The molecule has 2 amide bonds. The molecular formula is C24H34N2O6. The largest absolute Gasteiger partial charge is 0.380 e. The smallest absolute Gasteiger partial charge is 0.233 e. The van der Waals surface area contributed by atoms with E-state index in [1.807, 2.05) is 13.8 Å². The number of carbonyl (C=O) groups excluding carboxylic acids is 5. The van der Waals surface area contributed by atoms with E-state index in [1.165, 1.54) is 6.92 Å². The van der Waals surface area contributed by atoms with Gasteiger partial charge in [-0.25, -0.2) is 0 Å². The molecule has 1 aromatic rings. The van der Waals surface area contributed by atoms with Gasteiger partial charge in [-0.15, -0.1) is 0 Å². The van der Waals surface area contributed by atoms with E-state index in [9.17, 15) is 24.0 Å². The van der Waals surface area contributed by atoms with Crippen molar-refractivity contribution in [3.05, 3.63) is 29.8 Å². The topological polar surface area (TPSA) is 119 Å². The van der Waals surface area contributed by atoms with Crippen LogP contribution < -0.4 is 10.6 Å². The Bertz CT molecular complexity index is 786. The fraction of sp³-hybridized carbons (Fsp3) is 0.542. The Kier molecular flexibility index (Phi) is 12.7. The molecule has 0 aliphatic rings. The standard InChI is InChI=1S/C24H34N2O6/c1-17(2)13-21(28)5-4-11-32-12-10-25-23(30)16-24(31)26-20-8-6-19(7-9-20)15-22(29)14-18(3)27/h6-9,17H,4-5,10-16H2,1-3H3,(H,25,30)(H,26,31). The number of hydrogen-bond acceptors (Lipinski definition) is 6. The van der Waals surface area contributed by atoms with Gasteiger partial charge in [0, 0.05) is 38.1 Å². The Morgan fingerprint density at radius 3 is 2.22 bits per heavy atom. The summed E-state index contributed by atoms with van der Waals surface area (Å²) >= 11 is 0. The predicted molar refractivity (Wildman–Crippen MR) is 121 cm³/mol. The van der Waals surface area contributed by atoms with Gasteiger partial charge < -0.3 is 15.4 Å². The van der Waals surface area contributed by atoms with Crippen molar-refractivity contribution >= 4 is 34.9 Å². The summed E-state index contributed by atoms with van der Waals surface area (Å²) in [5.74, 6) is -0.590. The van der Waals surface area contributed by atoms with Gasteiger partial charge in [0.05, 0.1) is 13.0 Å². The zero-order chi connectivity index (χ0) is 23.9. The highest BCUT2D eigenvalue weighted by molar-refractivity contribution is 6.03. The Balaban J connectivity index is 2.18. The third-order valence-electron chi connectivity index (χ3n) is 4.35. The molecule has 0 aromatic heterocycles. The lowest BCUT2D eigenvalue weighted by molar-refractivity contribution is -0.128. The van der Waals surface area contributed by atoms with Gasteiger partial charge in [-0.05, 0) is 37.0 Å². The summed E-state index contributed by atoms with van der Waals surface area (Å²) in [6, 6.07) is 6.68. The van der Waals surface area contributed by atoms with Crippen LogP contribution in [0, 0.1) is 5.92 Å². The predicted octanol–water partition coefficient (Wildman–Crippen LogP) is 2.63. The summed E-state index contributed by atoms with van der Waals surface area (Å²) in [7, 11) is 0. The third kappa shape index (κ3) is 13.4. The lowest BCUT2D eigenvalue weighted by atomic mass is 10.0. The lowest BCUT2D eigenvalue weighted by Crippen LogP contribution is -2.30. The second kappa shape index (κ2) is 15.0. The normalized spacial score (nSPS) is 10.6. The minimum atomic E-state index is -0.451. The molecule has 0 radical (unpaired) electrons. The van der Waals surface area contributed by atoms with Gasteiger partial charge in [-0.3, -0.25) is 24.0 Å². The van der Waals surface area contributed by atoms with Crippen molar-refractivity contribution in [3.8, 4) is 0 Å². The summed E-state index contributed by atoms with van der Waals surface area (Å²) in [4.78, 5) is 58.1. The molecule has 8 heteroatoms. The Labute approximate surface area is 189 Å². The van der Waals surface area contributed by atoms with Crippen LogP contribution in [0.4, 0.5) is 5.69 Å². The van der Waals surface area contributed by atoms with Crippen LogP contribution in [0.1, 0.15) is 58.4 Å². The molecule has 0 fully saturated rings. The van der Waals surface area contributed by atoms with E-state index >= 15 is 0 Å². The summed E-state index contributed by atoms with van der Waals surface area (Å²) in [5, 5.41) is 5.24. The summed E-state index contributed by atoms with van der Waals surface area (Å²) < 4.78 is 5.39. The number of nitrogens with one attached hydrogen (secondary N) is 2. The highest BCUT2D eigenvalue weighted by atomic mass is 16.5. The number of ether oxygens (including phenoxy) is 1. The van der Waals surface area contributed by atoms with E-state index in [2.05, 4.69) is 10.6 Å². The molecular weight excluding hydrogens is 412 g/mol. The molecule has 0 heterocycles. The lowest BCUT2D eigenvalue weighted by Gasteiger charge is -2.08. The number of anilines is 1. The number of rotatable bonds is 16. The van der Waals surface area contributed by atoms with Crippen molar-refractivity contribution in [1.29, 1.82) is 0 Å². The zero-order valence-corrected chi connectivity index (χ0v) is 19.2. The minimum Gasteiger partial charge on any atom is -0.380 e. The fourth-order valence-corrected chi connectivity index (χ4v) is 2.98. The third-order valence-corrected chi connectivity index (χ3v) is 4.35. The number of carbonyl (C=O) groups is 5. The molecule has 0 spiro atoms. The van der Waals surface area contributed by atoms with Gasteiger partial charge >= 0.3 is 0 Å². The van der Waals surface area contributed by atoms with Crippen molar-refractivity contribution < 1.29 is 28.7 Å². The molecule has 1 aromatic carbocycles. The summed E-state index contributed by atoms with van der Waals surface area (Å²) in [5.41, 5.74) is 1.26. The maximum Gasteiger partial charge on any atom is 0.233 e. The number of hydrogen-bond donors (Lipinski definition) is 2. The first-order valence-corrected chi connectivity index (χ1v) is 10.9. The monoisotopic (exact) mass is 446 g/mol. The molecule has 0 unspecified atom stereocenters. The summed E-state index contributed by atoms with van der Waals surface area (Å²) in [6.45, 7) is 6.45. The molecule has 0 saturated heterocycles. The number of Topliss-reactive ketones (excluding diaryl/α,β-unsaturated/α-hetero) is 3. The maximum absolute atomic E-state index is 12.0. The average molecular weight is 447 g/mol. The molecule has 1 rings (SSSR count). The van der Waals surface area contributed by atoms with Crippen molar-refractivity contribution in [3.63, 3.8) is 0 Å². The highest BCUT2D eigenvalue weighted by Crippen LogP contribution is 2.11. The fourth-order valence-electron chi connectivity index (χ4n) is 2.98. The molecule has 2 N–H and O–H groups in total. The van der Waals surface area contributed by atoms with Gasteiger partial charge in [-0.1, -0.05) is 26.0 Å². The molecule has 176 valence electrons. The van der Waals surface area contributed by atoms with Gasteiger partial charge in [0.2, 0.25) is 11.8 Å². The maximum atomic E-state index is 12.0. The van der Waals surface area contributed by atoms with Crippen molar-refractivity contribution in [1.82, 2.24) is 5.32 Å². The van der Waals surface area contributed by atoms with E-state index < -0.39 is 11.8 Å². The first-order chi connectivity index (χ1) is 15.2. The van der Waals surface area contributed by atoms with E-state index in [0.29, 0.717) is 44.1 Å². The van der Waals surface area contributed by atoms with Crippen LogP contribution in [0.15, 0.2) is 24.3 Å². The second-order valence-electron chi connectivity index (χ2n) is 8.22. The second-order valence-corrected chi connectivity index (χ2v) is 8.22. The van der Waals surface area contributed by atoms with E-state index in [-0.39, 0.29) is 43.2 Å². The Morgan fingerprint density at radius 1 is 0.906 bits per heavy atom. The van der Waals surface area contributed by atoms with Crippen LogP contribution in [0.25, 0.3) is 0 Å². The van der Waals surface area contributed by atoms with Crippen LogP contribution in [0.3, 0.4) is 0 Å². The highest BCUT2D eigenvalue weighted by Gasteiger charge is 2.11. The molecule has 0 saturated carbocycles. The summed E-state index contributed by atoms with van der Waals surface area (Å²) in [6.07, 6.45) is 1.50. The van der Waals surface area contributed by atoms with Crippen LogP contribution in [-0.4, -0.2) is 48.9 Å².